The van der Waals surface area contributed by atoms with Gasteiger partial charge < -0.3 is 4.90 Å². The average Bonchev–Trinajstić information content (AvgIpc) is 3.16. The van der Waals surface area contributed by atoms with Crippen LogP contribution in [0.25, 0.3) is 28.9 Å². The van der Waals surface area contributed by atoms with Crippen molar-refractivity contribution in [3.63, 3.8) is 0 Å². The summed E-state index contributed by atoms with van der Waals surface area (Å²) in [5.41, 5.74) is 9.14. The molecule has 0 saturated heterocycles. The molecule has 1 aliphatic rings. The predicted molar refractivity (Wildman–Crippen MR) is 129 cm³/mol. The highest BCUT2D eigenvalue weighted by Gasteiger charge is 2.27. The van der Waals surface area contributed by atoms with Crippen molar-refractivity contribution in [1.29, 1.82) is 0 Å². The minimum atomic E-state index is 1.00. The lowest BCUT2D eigenvalue weighted by atomic mass is 10.0. The van der Waals surface area contributed by atoms with Crippen LogP contribution in [0.15, 0.2) is 97.1 Å². The number of aryl methyl sites for hydroxylation is 1. The highest BCUT2D eigenvalue weighted by atomic mass is 15.2. The molecule has 0 unspecified atom stereocenters. The van der Waals surface area contributed by atoms with Crippen LogP contribution in [0.5, 0.6) is 0 Å². The molecule has 148 valence electrons. The van der Waals surface area contributed by atoms with Gasteiger partial charge >= 0.3 is 0 Å². The minimum Gasteiger partial charge on any atom is -0.306 e. The number of nitrogens with zero attached hydrogens (tertiary/aromatic N) is 3. The molecule has 0 fully saturated rings. The van der Waals surface area contributed by atoms with Gasteiger partial charge in [-0.3, -0.25) is 4.57 Å². The Kier molecular flexibility index (Phi) is 4.00. The number of rotatable bonds is 3. The van der Waals surface area contributed by atoms with E-state index in [9.17, 15) is 0 Å². The second-order valence-electron chi connectivity index (χ2n) is 7.80. The van der Waals surface area contributed by atoms with Gasteiger partial charge in [-0.2, -0.15) is 0 Å². The Bertz CT molecular complexity index is 1430. The highest BCUT2D eigenvalue weighted by molar-refractivity contribution is 6.01. The van der Waals surface area contributed by atoms with Gasteiger partial charge in [0.15, 0.2) is 0 Å². The number of imidazole rings is 1. The van der Waals surface area contributed by atoms with E-state index in [2.05, 4.69) is 120 Å². The summed E-state index contributed by atoms with van der Waals surface area (Å²) in [6.07, 6.45) is 4.33. The van der Waals surface area contributed by atoms with Crippen molar-refractivity contribution in [2.45, 2.75) is 6.92 Å². The first-order chi connectivity index (χ1) is 15.3. The monoisotopic (exact) mass is 399 g/mol. The topological polar surface area (TPSA) is 21.1 Å². The van der Waals surface area contributed by atoms with Gasteiger partial charge in [0.05, 0.1) is 28.1 Å². The first-order valence-electron chi connectivity index (χ1n) is 10.5. The molecular formula is C28H21N3. The smallest absolute Gasteiger partial charge is 0.111 e. The van der Waals surface area contributed by atoms with Crippen LogP contribution in [0.4, 0.5) is 17.1 Å². The third kappa shape index (κ3) is 2.86. The van der Waals surface area contributed by atoms with Gasteiger partial charge in [0.25, 0.3) is 0 Å². The standard InChI is InChI=1S/C28H21N3/c1-20-29-24-13-8-14-26-28(24)30(20)25-18-17-22(16-15-21-9-4-2-5-10-21)19-27(25)31(26)23-11-6-3-7-12-23/h2-19H,1H3/b16-15+. The largest absolute Gasteiger partial charge is 0.306 e. The molecule has 0 saturated carbocycles. The molecule has 0 radical (unpaired) electrons. The van der Waals surface area contributed by atoms with E-state index in [0.29, 0.717) is 0 Å². The summed E-state index contributed by atoms with van der Waals surface area (Å²) >= 11 is 0. The zero-order chi connectivity index (χ0) is 20.8. The fourth-order valence-electron chi connectivity index (χ4n) is 4.45. The lowest BCUT2D eigenvalue weighted by molar-refractivity contribution is 0.982. The maximum atomic E-state index is 4.83. The first-order valence-corrected chi connectivity index (χ1v) is 10.5. The molecule has 0 aliphatic carbocycles. The maximum Gasteiger partial charge on any atom is 0.111 e. The van der Waals surface area contributed by atoms with Crippen LogP contribution in [-0.2, 0) is 0 Å². The molecule has 2 heterocycles. The average molecular weight is 399 g/mol. The van der Waals surface area contributed by atoms with Crippen molar-refractivity contribution >= 4 is 40.2 Å². The van der Waals surface area contributed by atoms with E-state index in [0.717, 1.165) is 45.2 Å². The van der Waals surface area contributed by atoms with Crippen LogP contribution < -0.4 is 4.90 Å². The number of benzene rings is 4. The van der Waals surface area contributed by atoms with Crippen molar-refractivity contribution in [3.8, 4) is 5.69 Å². The molecule has 31 heavy (non-hydrogen) atoms. The Morgan fingerprint density at radius 1 is 0.645 bits per heavy atom. The van der Waals surface area contributed by atoms with E-state index in [1.54, 1.807) is 0 Å². The molecule has 5 aromatic rings. The Labute approximate surface area is 181 Å². The van der Waals surface area contributed by atoms with E-state index in [1.807, 2.05) is 6.07 Å². The molecule has 0 atom stereocenters. The third-order valence-electron chi connectivity index (χ3n) is 5.83. The van der Waals surface area contributed by atoms with Crippen LogP contribution in [-0.4, -0.2) is 9.55 Å². The fourth-order valence-corrected chi connectivity index (χ4v) is 4.45. The minimum absolute atomic E-state index is 1.00. The van der Waals surface area contributed by atoms with Crippen LogP contribution >= 0.6 is 0 Å². The Morgan fingerprint density at radius 3 is 2.19 bits per heavy atom. The zero-order valence-corrected chi connectivity index (χ0v) is 17.2. The Hall–Kier alpha value is -4.11. The highest BCUT2D eigenvalue weighted by Crippen LogP contribution is 2.47. The van der Waals surface area contributed by atoms with Gasteiger partial charge in [0.1, 0.15) is 5.82 Å². The predicted octanol–water partition coefficient (Wildman–Crippen LogP) is 7.29. The summed E-state index contributed by atoms with van der Waals surface area (Å²) in [5, 5.41) is 0. The number of hydrogen-bond donors (Lipinski definition) is 0. The summed E-state index contributed by atoms with van der Waals surface area (Å²) in [6, 6.07) is 34.0. The van der Waals surface area contributed by atoms with Gasteiger partial charge in [-0.1, -0.05) is 72.8 Å². The summed E-state index contributed by atoms with van der Waals surface area (Å²) < 4.78 is 2.28. The van der Waals surface area contributed by atoms with E-state index in [4.69, 9.17) is 4.98 Å². The van der Waals surface area contributed by atoms with Crippen molar-refractivity contribution in [1.82, 2.24) is 9.55 Å². The first kappa shape index (κ1) is 17.7. The van der Waals surface area contributed by atoms with Crippen molar-refractivity contribution in [3.05, 3.63) is 114 Å². The van der Waals surface area contributed by atoms with Gasteiger partial charge in [-0.15, -0.1) is 0 Å². The molecule has 0 amide bonds. The number of fused-ring (bicyclic) bond motifs is 2. The number of anilines is 3. The Morgan fingerprint density at radius 2 is 1.39 bits per heavy atom. The molecule has 0 N–H and O–H groups in total. The Balaban J connectivity index is 1.58. The van der Waals surface area contributed by atoms with Crippen molar-refractivity contribution < 1.29 is 0 Å². The van der Waals surface area contributed by atoms with E-state index >= 15 is 0 Å². The van der Waals surface area contributed by atoms with Gasteiger partial charge in [0.2, 0.25) is 0 Å². The van der Waals surface area contributed by atoms with Crippen LogP contribution in [0, 0.1) is 6.92 Å². The second-order valence-corrected chi connectivity index (χ2v) is 7.80. The molecule has 0 spiro atoms. The lowest BCUT2D eigenvalue weighted by Crippen LogP contribution is -2.18. The lowest BCUT2D eigenvalue weighted by Gasteiger charge is -2.33. The normalized spacial score (nSPS) is 12.5. The number of para-hydroxylation sites is 2. The van der Waals surface area contributed by atoms with E-state index < -0.39 is 0 Å². The molecule has 0 bridgehead atoms. The van der Waals surface area contributed by atoms with Gasteiger partial charge in [0, 0.05) is 5.69 Å². The van der Waals surface area contributed by atoms with E-state index in [1.165, 1.54) is 5.56 Å². The molecule has 4 aromatic carbocycles. The molecule has 1 aliphatic heterocycles. The van der Waals surface area contributed by atoms with E-state index in [-0.39, 0.29) is 0 Å². The molecule has 1 aromatic heterocycles. The molecular weight excluding hydrogens is 378 g/mol. The zero-order valence-electron chi connectivity index (χ0n) is 17.2. The van der Waals surface area contributed by atoms with Gasteiger partial charge in [-0.25, -0.2) is 4.98 Å². The van der Waals surface area contributed by atoms with Crippen LogP contribution in [0.3, 0.4) is 0 Å². The molecule has 3 heteroatoms. The SMILES string of the molecule is Cc1nc2cccc3c2n1-c1ccc(/C=C/c2ccccc2)cc1N3c1ccccc1. The summed E-state index contributed by atoms with van der Waals surface area (Å²) in [4.78, 5) is 7.18. The van der Waals surface area contributed by atoms with Crippen LogP contribution in [0.2, 0.25) is 0 Å². The van der Waals surface area contributed by atoms with Crippen molar-refractivity contribution in [2.75, 3.05) is 4.90 Å². The van der Waals surface area contributed by atoms with Gasteiger partial charge in [-0.05, 0) is 54.4 Å². The maximum absolute atomic E-state index is 4.83. The van der Waals surface area contributed by atoms with Crippen LogP contribution in [0.1, 0.15) is 17.0 Å². The van der Waals surface area contributed by atoms with Crippen molar-refractivity contribution in [2.24, 2.45) is 0 Å². The number of hydrogen-bond acceptors (Lipinski definition) is 2. The molecule has 6 rings (SSSR count). The quantitative estimate of drug-likeness (QED) is 0.291. The summed E-state index contributed by atoms with van der Waals surface area (Å²) in [7, 11) is 0. The summed E-state index contributed by atoms with van der Waals surface area (Å²) in [6.45, 7) is 2.08. The fraction of sp³-hybridized carbons (Fsp3) is 0.0357. The second kappa shape index (κ2) is 6.99. The summed E-state index contributed by atoms with van der Waals surface area (Å²) in [5.74, 6) is 1.00. The molecule has 3 nitrogen and oxygen atoms in total. The number of aromatic nitrogens is 2. The third-order valence-corrected chi connectivity index (χ3v) is 5.83.